The smallest absolute Gasteiger partial charge is 0.323 e. The Balaban J connectivity index is 2.91. The van der Waals surface area contributed by atoms with Gasteiger partial charge < -0.3 is 9.67 Å². The lowest BCUT2D eigenvalue weighted by molar-refractivity contribution is -0.145. The summed E-state index contributed by atoms with van der Waals surface area (Å²) in [7, 11) is 0. The molecule has 0 aliphatic rings. The van der Waals surface area contributed by atoms with Crippen LogP contribution in [0.2, 0.25) is 0 Å². The zero-order valence-corrected chi connectivity index (χ0v) is 12.7. The summed E-state index contributed by atoms with van der Waals surface area (Å²) < 4.78 is 2.04. The van der Waals surface area contributed by atoms with Crippen molar-refractivity contribution in [3.63, 3.8) is 0 Å². The van der Waals surface area contributed by atoms with Crippen LogP contribution in [0.15, 0.2) is 6.33 Å². The number of hydrogen-bond acceptors (Lipinski definition) is 3. The van der Waals surface area contributed by atoms with E-state index in [-0.39, 0.29) is 12.1 Å². The minimum atomic E-state index is -0.932. The molecule has 0 fully saturated rings. The van der Waals surface area contributed by atoms with Crippen LogP contribution < -0.4 is 5.32 Å². The van der Waals surface area contributed by atoms with Gasteiger partial charge in [0.1, 0.15) is 5.54 Å². The van der Waals surface area contributed by atoms with Crippen molar-refractivity contribution in [2.45, 2.75) is 65.6 Å². The van der Waals surface area contributed by atoms with Crippen LogP contribution in [0.4, 0.5) is 0 Å². The molecule has 2 unspecified atom stereocenters. The highest BCUT2D eigenvalue weighted by Crippen LogP contribution is 2.24. The molecule has 2 N–H and O–H groups in total. The first kappa shape index (κ1) is 15.7. The van der Waals surface area contributed by atoms with Gasteiger partial charge in [0.05, 0.1) is 12.0 Å². The maximum absolute atomic E-state index is 11.5. The third kappa shape index (κ3) is 3.56. The number of rotatable bonds is 6. The third-order valence-electron chi connectivity index (χ3n) is 3.54. The number of hydrogen-bond donors (Lipinski definition) is 2. The van der Waals surface area contributed by atoms with Crippen LogP contribution in [0, 0.1) is 13.8 Å². The van der Waals surface area contributed by atoms with Gasteiger partial charge in [-0.3, -0.25) is 10.1 Å². The summed E-state index contributed by atoms with van der Waals surface area (Å²) in [6.07, 6.45) is 2.30. The van der Waals surface area contributed by atoms with E-state index >= 15 is 0 Å². The lowest BCUT2D eigenvalue weighted by Crippen LogP contribution is -2.53. The van der Waals surface area contributed by atoms with Crippen LogP contribution in [-0.2, 0) is 4.79 Å². The highest BCUT2D eigenvalue weighted by atomic mass is 16.4. The average molecular weight is 267 g/mol. The first-order valence-electron chi connectivity index (χ1n) is 6.68. The van der Waals surface area contributed by atoms with Crippen molar-refractivity contribution in [3.05, 3.63) is 17.7 Å². The Hall–Kier alpha value is -1.36. The quantitative estimate of drug-likeness (QED) is 0.830. The molecule has 0 amide bonds. The van der Waals surface area contributed by atoms with Crippen LogP contribution in [0.3, 0.4) is 0 Å². The molecule has 5 nitrogen and oxygen atoms in total. The Labute approximate surface area is 115 Å². The topological polar surface area (TPSA) is 67.2 Å². The van der Waals surface area contributed by atoms with Gasteiger partial charge in [0.25, 0.3) is 0 Å². The molecule has 0 saturated carbocycles. The van der Waals surface area contributed by atoms with Gasteiger partial charge in [0.2, 0.25) is 0 Å². The number of carboxylic acids is 1. The fourth-order valence-electron chi connectivity index (χ4n) is 2.49. The zero-order chi connectivity index (χ0) is 14.8. The zero-order valence-electron chi connectivity index (χ0n) is 12.7. The number of aliphatic carboxylic acids is 1. The first-order chi connectivity index (χ1) is 8.67. The van der Waals surface area contributed by atoms with Gasteiger partial charge in [-0.1, -0.05) is 0 Å². The van der Waals surface area contributed by atoms with E-state index < -0.39 is 11.5 Å². The van der Waals surface area contributed by atoms with Crippen LogP contribution in [0.1, 0.15) is 51.5 Å². The molecule has 1 aromatic rings. The lowest BCUT2D eigenvalue weighted by Gasteiger charge is -2.32. The molecule has 1 heterocycles. The predicted octanol–water partition coefficient (Wildman–Crippen LogP) is 2.29. The van der Waals surface area contributed by atoms with E-state index in [1.807, 2.05) is 39.2 Å². The summed E-state index contributed by atoms with van der Waals surface area (Å²) >= 11 is 0. The van der Waals surface area contributed by atoms with Crippen molar-refractivity contribution in [3.8, 4) is 0 Å². The summed E-state index contributed by atoms with van der Waals surface area (Å²) in [5.41, 5.74) is 1.14. The summed E-state index contributed by atoms with van der Waals surface area (Å²) in [5, 5.41) is 12.6. The molecular formula is C14H25N3O2. The second kappa shape index (κ2) is 5.74. The molecule has 0 saturated heterocycles. The number of nitrogens with one attached hydrogen (secondary N) is 1. The SMILES string of the molecule is Cc1ncn(C(C)CC(C)(NC(C)C)C(=O)O)c1C. The maximum atomic E-state index is 11.5. The number of aromatic nitrogens is 2. The Morgan fingerprint density at radius 2 is 2.05 bits per heavy atom. The van der Waals surface area contributed by atoms with Crippen molar-refractivity contribution in [2.24, 2.45) is 0 Å². The van der Waals surface area contributed by atoms with E-state index in [9.17, 15) is 9.90 Å². The van der Waals surface area contributed by atoms with E-state index in [4.69, 9.17) is 0 Å². The molecule has 0 aromatic carbocycles. The Morgan fingerprint density at radius 3 is 2.42 bits per heavy atom. The summed E-state index contributed by atoms with van der Waals surface area (Å²) in [6.45, 7) is 11.6. The van der Waals surface area contributed by atoms with Gasteiger partial charge in [0.15, 0.2) is 0 Å². The maximum Gasteiger partial charge on any atom is 0.323 e. The number of imidazole rings is 1. The largest absolute Gasteiger partial charge is 0.480 e. The molecule has 2 atom stereocenters. The summed E-state index contributed by atoms with van der Waals surface area (Å²) in [5.74, 6) is -0.817. The Morgan fingerprint density at radius 1 is 1.47 bits per heavy atom. The Kier molecular flexibility index (Phi) is 4.74. The van der Waals surface area contributed by atoms with Gasteiger partial charge in [-0.05, 0) is 48.0 Å². The normalized spacial score (nSPS) is 16.4. The van der Waals surface area contributed by atoms with E-state index in [0.717, 1.165) is 11.4 Å². The molecule has 0 aliphatic heterocycles. The van der Waals surface area contributed by atoms with Crippen LogP contribution in [-0.4, -0.2) is 32.2 Å². The highest BCUT2D eigenvalue weighted by molar-refractivity contribution is 5.78. The van der Waals surface area contributed by atoms with E-state index in [0.29, 0.717) is 6.42 Å². The molecule has 108 valence electrons. The van der Waals surface area contributed by atoms with Gasteiger partial charge in [-0.25, -0.2) is 4.98 Å². The molecular weight excluding hydrogens is 242 g/mol. The summed E-state index contributed by atoms with van der Waals surface area (Å²) in [6, 6.07) is 0.201. The van der Waals surface area contributed by atoms with Crippen molar-refractivity contribution >= 4 is 5.97 Å². The predicted molar refractivity (Wildman–Crippen MR) is 75.3 cm³/mol. The molecule has 0 bridgehead atoms. The van der Waals surface area contributed by atoms with Crippen LogP contribution in [0.5, 0.6) is 0 Å². The third-order valence-corrected chi connectivity index (χ3v) is 3.54. The minimum Gasteiger partial charge on any atom is -0.480 e. The van der Waals surface area contributed by atoms with Gasteiger partial charge in [-0.2, -0.15) is 0 Å². The molecule has 5 heteroatoms. The van der Waals surface area contributed by atoms with Gasteiger partial charge in [0, 0.05) is 17.8 Å². The number of nitrogens with zero attached hydrogens (tertiary/aromatic N) is 2. The highest BCUT2D eigenvalue weighted by Gasteiger charge is 2.35. The molecule has 19 heavy (non-hydrogen) atoms. The average Bonchev–Trinajstić information content (AvgIpc) is 2.58. The second-order valence-electron chi connectivity index (χ2n) is 5.81. The Bertz CT molecular complexity index is 454. The standard InChI is InChI=1S/C14H25N3O2/c1-9(2)16-14(6,13(18)19)7-10(3)17-8-15-11(4)12(17)5/h8-10,16H,7H2,1-6H3,(H,18,19). The van der Waals surface area contributed by atoms with Gasteiger partial charge in [-0.15, -0.1) is 0 Å². The number of carboxylic acid groups (broad SMARTS) is 1. The van der Waals surface area contributed by atoms with Crippen LogP contribution >= 0.6 is 0 Å². The number of carbonyl (C=O) groups is 1. The summed E-state index contributed by atoms with van der Waals surface area (Å²) in [4.78, 5) is 15.8. The monoisotopic (exact) mass is 267 g/mol. The second-order valence-corrected chi connectivity index (χ2v) is 5.81. The fourth-order valence-corrected chi connectivity index (χ4v) is 2.49. The lowest BCUT2D eigenvalue weighted by atomic mass is 9.92. The van der Waals surface area contributed by atoms with Crippen LogP contribution in [0.25, 0.3) is 0 Å². The van der Waals surface area contributed by atoms with Crippen molar-refractivity contribution in [1.29, 1.82) is 0 Å². The molecule has 0 spiro atoms. The van der Waals surface area contributed by atoms with Gasteiger partial charge >= 0.3 is 5.97 Å². The van der Waals surface area contributed by atoms with Crippen molar-refractivity contribution < 1.29 is 9.90 Å². The first-order valence-corrected chi connectivity index (χ1v) is 6.68. The molecule has 1 rings (SSSR count). The fraction of sp³-hybridized carbons (Fsp3) is 0.714. The molecule has 0 aliphatic carbocycles. The minimum absolute atomic E-state index is 0.0774. The van der Waals surface area contributed by atoms with E-state index in [1.165, 1.54) is 0 Å². The van der Waals surface area contributed by atoms with E-state index in [1.54, 1.807) is 13.3 Å². The van der Waals surface area contributed by atoms with Crippen molar-refractivity contribution in [2.75, 3.05) is 0 Å². The number of aryl methyl sites for hydroxylation is 1. The molecule has 0 radical (unpaired) electrons. The van der Waals surface area contributed by atoms with Crippen molar-refractivity contribution in [1.82, 2.24) is 14.9 Å². The molecule has 1 aromatic heterocycles. The van der Waals surface area contributed by atoms with E-state index in [2.05, 4.69) is 10.3 Å².